The third-order valence-corrected chi connectivity index (χ3v) is 3.09. The van der Waals surface area contributed by atoms with Crippen molar-refractivity contribution in [3.63, 3.8) is 0 Å². The maximum absolute atomic E-state index is 11.8. The Balaban J connectivity index is 2.29. The molecule has 1 aromatic heterocycles. The number of carbonyl (C=O) groups excluding carboxylic acids is 2. The highest BCUT2D eigenvalue weighted by molar-refractivity contribution is 9.10. The lowest BCUT2D eigenvalue weighted by atomic mass is 10.1. The first-order valence-corrected chi connectivity index (χ1v) is 6.42. The van der Waals surface area contributed by atoms with E-state index in [1.165, 1.54) is 0 Å². The molecular formula is C13H11BrN2O3. The number of benzene rings is 1. The molecule has 0 aliphatic carbocycles. The summed E-state index contributed by atoms with van der Waals surface area (Å²) in [7, 11) is 0. The van der Waals surface area contributed by atoms with Gasteiger partial charge < -0.3 is 9.30 Å². The van der Waals surface area contributed by atoms with Gasteiger partial charge in [-0.1, -0.05) is 0 Å². The van der Waals surface area contributed by atoms with E-state index in [0.29, 0.717) is 4.47 Å². The molecular weight excluding hydrogens is 312 g/mol. The number of hydrogen-bond donors (Lipinski definition) is 0. The van der Waals surface area contributed by atoms with Gasteiger partial charge >= 0.3 is 5.97 Å². The van der Waals surface area contributed by atoms with Gasteiger partial charge in [0.2, 0.25) is 0 Å². The molecule has 0 unspecified atom stereocenters. The van der Waals surface area contributed by atoms with E-state index in [0.717, 1.165) is 5.69 Å². The molecule has 0 amide bonds. The molecule has 0 saturated carbocycles. The number of halogens is 1. The van der Waals surface area contributed by atoms with E-state index in [4.69, 9.17) is 0 Å². The number of ether oxygens (including phenoxy) is 1. The molecule has 0 N–H and O–H groups in total. The fraction of sp³-hybridized carbons (Fsp3) is 0.154. The van der Waals surface area contributed by atoms with Gasteiger partial charge in [0.05, 0.1) is 18.6 Å². The van der Waals surface area contributed by atoms with E-state index in [2.05, 4.69) is 25.7 Å². The molecule has 98 valence electrons. The van der Waals surface area contributed by atoms with Gasteiger partial charge in [0, 0.05) is 22.4 Å². The van der Waals surface area contributed by atoms with Crippen LogP contribution < -0.4 is 0 Å². The molecule has 0 saturated heterocycles. The normalized spacial score (nSPS) is 10.2. The monoisotopic (exact) mass is 322 g/mol. The summed E-state index contributed by atoms with van der Waals surface area (Å²) < 4.78 is 7.17. The summed E-state index contributed by atoms with van der Waals surface area (Å²) >= 11 is 3.37. The molecule has 0 bridgehead atoms. The van der Waals surface area contributed by atoms with Gasteiger partial charge in [-0.05, 0) is 41.1 Å². The van der Waals surface area contributed by atoms with Crippen LogP contribution in [0.3, 0.4) is 0 Å². The highest BCUT2D eigenvalue weighted by Crippen LogP contribution is 2.22. The second-order valence-corrected chi connectivity index (χ2v) is 4.54. The van der Waals surface area contributed by atoms with Crippen LogP contribution in [0.5, 0.6) is 0 Å². The highest BCUT2D eigenvalue weighted by atomic mass is 79.9. The summed E-state index contributed by atoms with van der Waals surface area (Å²) in [4.78, 5) is 27.1. The predicted octanol–water partition coefficient (Wildman–Crippen LogP) is 2.38. The van der Waals surface area contributed by atoms with Crippen LogP contribution in [0.4, 0.5) is 0 Å². The van der Waals surface area contributed by atoms with Crippen molar-refractivity contribution in [3.05, 3.63) is 47.0 Å². The number of esters is 1. The first-order chi connectivity index (χ1) is 9.13. The first kappa shape index (κ1) is 13.5. The Bertz CT molecular complexity index is 608. The van der Waals surface area contributed by atoms with Crippen LogP contribution in [-0.4, -0.2) is 27.9 Å². The van der Waals surface area contributed by atoms with Crippen molar-refractivity contribution >= 4 is 27.7 Å². The van der Waals surface area contributed by atoms with Crippen LogP contribution in [0.15, 0.2) is 41.4 Å². The number of aromatic nitrogens is 2. The molecule has 0 fully saturated rings. The molecule has 0 radical (unpaired) electrons. The Labute approximate surface area is 118 Å². The zero-order valence-electron chi connectivity index (χ0n) is 10.2. The van der Waals surface area contributed by atoms with Crippen molar-refractivity contribution in [1.82, 2.24) is 9.55 Å². The zero-order valence-corrected chi connectivity index (χ0v) is 11.8. The SMILES string of the molecule is CCOC(=O)C(=O)c1ccc(-n2ccnc2)c(Br)c1. The lowest BCUT2D eigenvalue weighted by molar-refractivity contribution is -0.137. The third-order valence-electron chi connectivity index (χ3n) is 2.45. The van der Waals surface area contributed by atoms with Gasteiger partial charge in [-0.3, -0.25) is 4.79 Å². The topological polar surface area (TPSA) is 61.2 Å². The van der Waals surface area contributed by atoms with Crippen LogP contribution in [-0.2, 0) is 9.53 Å². The average Bonchev–Trinajstić information content (AvgIpc) is 2.91. The van der Waals surface area contributed by atoms with Crippen molar-refractivity contribution in [2.45, 2.75) is 6.92 Å². The summed E-state index contributed by atoms with van der Waals surface area (Å²) in [6.07, 6.45) is 5.09. The molecule has 0 spiro atoms. The van der Waals surface area contributed by atoms with Crippen molar-refractivity contribution < 1.29 is 14.3 Å². The largest absolute Gasteiger partial charge is 0.460 e. The van der Waals surface area contributed by atoms with Crippen molar-refractivity contribution in [1.29, 1.82) is 0 Å². The maximum Gasteiger partial charge on any atom is 0.379 e. The molecule has 2 rings (SSSR count). The van der Waals surface area contributed by atoms with Gasteiger partial charge in [-0.2, -0.15) is 0 Å². The van der Waals surface area contributed by atoms with Crippen LogP contribution in [0.1, 0.15) is 17.3 Å². The van der Waals surface area contributed by atoms with Gasteiger partial charge in [-0.25, -0.2) is 9.78 Å². The maximum atomic E-state index is 11.8. The Hall–Kier alpha value is -1.95. The smallest absolute Gasteiger partial charge is 0.379 e. The fourth-order valence-electron chi connectivity index (χ4n) is 1.57. The lowest BCUT2D eigenvalue weighted by Crippen LogP contribution is -2.17. The summed E-state index contributed by atoms with van der Waals surface area (Å²) in [5, 5.41) is 0. The number of ketones is 1. The van der Waals surface area contributed by atoms with E-state index in [9.17, 15) is 9.59 Å². The second-order valence-electron chi connectivity index (χ2n) is 3.69. The number of carbonyl (C=O) groups is 2. The van der Waals surface area contributed by atoms with E-state index in [-0.39, 0.29) is 12.2 Å². The molecule has 0 aliphatic heterocycles. The van der Waals surface area contributed by atoms with Crippen LogP contribution in [0.25, 0.3) is 5.69 Å². The first-order valence-electron chi connectivity index (χ1n) is 5.62. The number of imidazole rings is 1. The quantitative estimate of drug-likeness (QED) is 0.492. The van der Waals surface area contributed by atoms with Gasteiger partial charge in [0.1, 0.15) is 0 Å². The van der Waals surface area contributed by atoms with E-state index >= 15 is 0 Å². The molecule has 5 nitrogen and oxygen atoms in total. The number of hydrogen-bond acceptors (Lipinski definition) is 4. The van der Waals surface area contributed by atoms with Crippen molar-refractivity contribution in [2.75, 3.05) is 6.61 Å². The minimum Gasteiger partial charge on any atom is -0.460 e. The Kier molecular flexibility index (Phi) is 4.11. The summed E-state index contributed by atoms with van der Waals surface area (Å²) in [6, 6.07) is 4.91. The van der Waals surface area contributed by atoms with Gasteiger partial charge in [0.25, 0.3) is 5.78 Å². The van der Waals surface area contributed by atoms with Crippen LogP contribution >= 0.6 is 15.9 Å². The summed E-state index contributed by atoms with van der Waals surface area (Å²) in [5.41, 5.74) is 1.12. The Morgan fingerprint density at radius 2 is 2.21 bits per heavy atom. The zero-order chi connectivity index (χ0) is 13.8. The highest BCUT2D eigenvalue weighted by Gasteiger charge is 2.18. The molecule has 0 aliphatic rings. The molecule has 2 aromatic rings. The van der Waals surface area contributed by atoms with Gasteiger partial charge in [-0.15, -0.1) is 0 Å². The fourth-order valence-corrected chi connectivity index (χ4v) is 2.16. The van der Waals surface area contributed by atoms with E-state index in [1.54, 1.807) is 48.4 Å². The summed E-state index contributed by atoms with van der Waals surface area (Å²) in [5.74, 6) is -1.50. The minimum atomic E-state index is -0.843. The van der Waals surface area contributed by atoms with Crippen molar-refractivity contribution in [2.24, 2.45) is 0 Å². The van der Waals surface area contributed by atoms with E-state index < -0.39 is 11.8 Å². The van der Waals surface area contributed by atoms with Gasteiger partial charge in [0.15, 0.2) is 0 Å². The average molecular weight is 323 g/mol. The predicted molar refractivity (Wildman–Crippen MR) is 72.2 cm³/mol. The van der Waals surface area contributed by atoms with Crippen molar-refractivity contribution in [3.8, 4) is 5.69 Å². The number of Topliss-reactive ketones (excluding diaryl/α,β-unsaturated/α-hetero) is 1. The molecule has 6 heteroatoms. The molecule has 1 aromatic carbocycles. The third kappa shape index (κ3) is 2.90. The Morgan fingerprint density at radius 3 is 2.79 bits per heavy atom. The number of rotatable bonds is 4. The molecule has 0 atom stereocenters. The minimum absolute atomic E-state index is 0.179. The van der Waals surface area contributed by atoms with Crippen LogP contribution in [0, 0.1) is 0 Å². The Morgan fingerprint density at radius 1 is 1.42 bits per heavy atom. The molecule has 19 heavy (non-hydrogen) atoms. The second kappa shape index (κ2) is 5.79. The standard InChI is InChI=1S/C13H11BrN2O3/c1-2-19-13(18)12(17)9-3-4-11(10(14)7-9)16-6-5-15-8-16/h3-8H,2H2,1H3. The van der Waals surface area contributed by atoms with Crippen LogP contribution in [0.2, 0.25) is 0 Å². The van der Waals surface area contributed by atoms with E-state index in [1.807, 2.05) is 0 Å². The summed E-state index contributed by atoms with van der Waals surface area (Å²) in [6.45, 7) is 1.84. The molecule has 1 heterocycles. The number of nitrogens with zero attached hydrogens (tertiary/aromatic N) is 2. The lowest BCUT2D eigenvalue weighted by Gasteiger charge is -2.07.